The van der Waals surface area contributed by atoms with Crippen molar-refractivity contribution in [3.63, 3.8) is 0 Å². The fourth-order valence-corrected chi connectivity index (χ4v) is 2.82. The first-order valence-electron chi connectivity index (χ1n) is 6.95. The van der Waals surface area contributed by atoms with Gasteiger partial charge < -0.3 is 15.0 Å². The maximum absolute atomic E-state index is 12.3. The molecule has 1 aromatic carbocycles. The van der Waals surface area contributed by atoms with Gasteiger partial charge in [0.1, 0.15) is 0 Å². The fourth-order valence-electron chi connectivity index (χ4n) is 2.33. The Bertz CT molecular complexity index is 569. The van der Waals surface area contributed by atoms with Crippen LogP contribution in [-0.4, -0.2) is 49.6 Å². The van der Waals surface area contributed by atoms with Crippen LogP contribution in [0.15, 0.2) is 12.1 Å². The summed E-state index contributed by atoms with van der Waals surface area (Å²) in [7, 11) is 1.59. The molecule has 0 saturated carbocycles. The smallest absolute Gasteiger partial charge is 0.251 e. The zero-order valence-corrected chi connectivity index (χ0v) is 14.0. The lowest BCUT2D eigenvalue weighted by Crippen LogP contribution is -2.37. The number of nitrogens with one attached hydrogen (secondary N) is 1. The van der Waals surface area contributed by atoms with Crippen molar-refractivity contribution in [2.24, 2.45) is 0 Å². The number of nitrogens with zero attached hydrogens (tertiary/aromatic N) is 1. The van der Waals surface area contributed by atoms with Crippen LogP contribution in [0, 0.1) is 6.92 Å². The molecule has 0 aromatic heterocycles. The van der Waals surface area contributed by atoms with Gasteiger partial charge in [0.15, 0.2) is 0 Å². The Morgan fingerprint density at radius 2 is 2.05 bits per heavy atom. The van der Waals surface area contributed by atoms with E-state index in [1.807, 2.05) is 0 Å². The SMILES string of the molecule is COCCN1C[C@@H](NC(=O)c2cc(Cl)c(C)c(Cl)c2)CC1=O. The molecular formula is C15H18Cl2N2O3. The first-order chi connectivity index (χ1) is 10.4. The minimum atomic E-state index is -0.282. The highest BCUT2D eigenvalue weighted by Gasteiger charge is 2.30. The van der Waals surface area contributed by atoms with Crippen molar-refractivity contribution in [2.45, 2.75) is 19.4 Å². The summed E-state index contributed by atoms with van der Waals surface area (Å²) in [6, 6.07) is 2.95. The number of carbonyl (C=O) groups is 2. The number of benzene rings is 1. The number of ether oxygens (including phenoxy) is 1. The molecule has 1 N–H and O–H groups in total. The molecular weight excluding hydrogens is 327 g/mol. The van der Waals surface area contributed by atoms with Crippen molar-refractivity contribution < 1.29 is 14.3 Å². The predicted molar refractivity (Wildman–Crippen MR) is 85.5 cm³/mol. The summed E-state index contributed by atoms with van der Waals surface area (Å²) in [6.45, 7) is 3.29. The second kappa shape index (κ2) is 7.31. The Balaban J connectivity index is 2.00. The third-order valence-corrected chi connectivity index (χ3v) is 4.44. The van der Waals surface area contributed by atoms with Crippen molar-refractivity contribution in [2.75, 3.05) is 26.8 Å². The molecule has 0 aliphatic carbocycles. The van der Waals surface area contributed by atoms with Crippen LogP contribution in [-0.2, 0) is 9.53 Å². The molecule has 1 saturated heterocycles. The Morgan fingerprint density at radius 3 is 2.64 bits per heavy atom. The number of likely N-dealkylation sites (tertiary alicyclic amines) is 1. The number of carbonyl (C=O) groups excluding carboxylic acids is 2. The van der Waals surface area contributed by atoms with Crippen LogP contribution in [0.1, 0.15) is 22.3 Å². The number of hydrogen-bond acceptors (Lipinski definition) is 3. The third kappa shape index (κ3) is 3.91. The molecule has 120 valence electrons. The lowest BCUT2D eigenvalue weighted by Gasteiger charge is -2.16. The molecule has 2 rings (SSSR count). The van der Waals surface area contributed by atoms with E-state index in [9.17, 15) is 9.59 Å². The topological polar surface area (TPSA) is 58.6 Å². The molecule has 1 aliphatic heterocycles. The molecule has 1 aromatic rings. The summed E-state index contributed by atoms with van der Waals surface area (Å²) < 4.78 is 4.96. The average molecular weight is 345 g/mol. The summed E-state index contributed by atoms with van der Waals surface area (Å²) in [5, 5.41) is 3.74. The van der Waals surface area contributed by atoms with Crippen LogP contribution < -0.4 is 5.32 Å². The van der Waals surface area contributed by atoms with Gasteiger partial charge in [0, 0.05) is 42.2 Å². The van der Waals surface area contributed by atoms with Crippen molar-refractivity contribution in [1.82, 2.24) is 10.2 Å². The number of halogens is 2. The molecule has 1 fully saturated rings. The number of rotatable bonds is 5. The zero-order chi connectivity index (χ0) is 16.3. The Kier molecular flexibility index (Phi) is 5.67. The Hall–Kier alpha value is -1.30. The molecule has 5 nitrogen and oxygen atoms in total. The highest BCUT2D eigenvalue weighted by molar-refractivity contribution is 6.36. The molecule has 0 unspecified atom stereocenters. The van der Waals surface area contributed by atoms with Gasteiger partial charge in [-0.15, -0.1) is 0 Å². The second-order valence-corrected chi connectivity index (χ2v) is 6.09. The lowest BCUT2D eigenvalue weighted by atomic mass is 10.1. The average Bonchev–Trinajstić information content (AvgIpc) is 2.81. The minimum Gasteiger partial charge on any atom is -0.383 e. The van der Waals surface area contributed by atoms with E-state index in [0.717, 1.165) is 5.56 Å². The summed E-state index contributed by atoms with van der Waals surface area (Å²) in [5.74, 6) is -0.266. The highest BCUT2D eigenvalue weighted by Crippen LogP contribution is 2.25. The molecule has 1 atom stereocenters. The van der Waals surface area contributed by atoms with Crippen LogP contribution in [0.4, 0.5) is 0 Å². The van der Waals surface area contributed by atoms with Crippen LogP contribution in [0.2, 0.25) is 10.0 Å². The van der Waals surface area contributed by atoms with Crippen molar-refractivity contribution in [3.8, 4) is 0 Å². The minimum absolute atomic E-state index is 0.0160. The maximum atomic E-state index is 12.3. The van der Waals surface area contributed by atoms with Gasteiger partial charge in [0.05, 0.1) is 12.6 Å². The Morgan fingerprint density at radius 1 is 1.41 bits per heavy atom. The fraction of sp³-hybridized carbons (Fsp3) is 0.467. The van der Waals surface area contributed by atoms with E-state index in [1.54, 1.807) is 31.1 Å². The van der Waals surface area contributed by atoms with Crippen molar-refractivity contribution in [1.29, 1.82) is 0 Å². The van der Waals surface area contributed by atoms with E-state index in [2.05, 4.69) is 5.32 Å². The quantitative estimate of drug-likeness (QED) is 0.891. The van der Waals surface area contributed by atoms with Gasteiger partial charge in [0.25, 0.3) is 5.91 Å². The normalized spacial score (nSPS) is 17.9. The van der Waals surface area contributed by atoms with E-state index in [4.69, 9.17) is 27.9 Å². The highest BCUT2D eigenvalue weighted by atomic mass is 35.5. The van der Waals surface area contributed by atoms with Crippen LogP contribution in [0.25, 0.3) is 0 Å². The lowest BCUT2D eigenvalue weighted by molar-refractivity contribution is -0.128. The maximum Gasteiger partial charge on any atom is 0.251 e. The monoisotopic (exact) mass is 344 g/mol. The molecule has 0 spiro atoms. The van der Waals surface area contributed by atoms with Gasteiger partial charge in [0.2, 0.25) is 5.91 Å². The molecule has 2 amide bonds. The Labute approximate surface area is 139 Å². The summed E-state index contributed by atoms with van der Waals surface area (Å²) in [4.78, 5) is 25.8. The zero-order valence-electron chi connectivity index (χ0n) is 12.5. The summed E-state index contributed by atoms with van der Waals surface area (Å²) >= 11 is 12.1. The number of hydrogen-bond donors (Lipinski definition) is 1. The van der Waals surface area contributed by atoms with E-state index in [0.29, 0.717) is 41.7 Å². The van der Waals surface area contributed by atoms with Gasteiger partial charge in [-0.25, -0.2) is 0 Å². The van der Waals surface area contributed by atoms with Gasteiger partial charge in [-0.1, -0.05) is 23.2 Å². The van der Waals surface area contributed by atoms with Crippen molar-refractivity contribution in [3.05, 3.63) is 33.3 Å². The first-order valence-corrected chi connectivity index (χ1v) is 7.71. The van der Waals surface area contributed by atoms with Crippen molar-refractivity contribution >= 4 is 35.0 Å². The third-order valence-electron chi connectivity index (χ3n) is 3.66. The molecule has 22 heavy (non-hydrogen) atoms. The molecule has 7 heteroatoms. The van der Waals surface area contributed by atoms with E-state index < -0.39 is 0 Å². The summed E-state index contributed by atoms with van der Waals surface area (Å²) in [5.41, 5.74) is 1.13. The number of methoxy groups -OCH3 is 1. The largest absolute Gasteiger partial charge is 0.383 e. The molecule has 0 radical (unpaired) electrons. The predicted octanol–water partition coefficient (Wildman–Crippen LogP) is 2.28. The van der Waals surface area contributed by atoms with Gasteiger partial charge >= 0.3 is 0 Å². The second-order valence-electron chi connectivity index (χ2n) is 5.27. The van der Waals surface area contributed by atoms with Crippen LogP contribution in [0.5, 0.6) is 0 Å². The first kappa shape index (κ1) is 17.1. The van der Waals surface area contributed by atoms with Gasteiger partial charge in [-0.2, -0.15) is 0 Å². The van der Waals surface area contributed by atoms with Crippen LogP contribution in [0.3, 0.4) is 0 Å². The van der Waals surface area contributed by atoms with Gasteiger partial charge in [-0.05, 0) is 24.6 Å². The van der Waals surface area contributed by atoms with E-state index >= 15 is 0 Å². The molecule has 1 aliphatic rings. The summed E-state index contributed by atoms with van der Waals surface area (Å²) in [6.07, 6.45) is 0.294. The number of amides is 2. The molecule has 0 bridgehead atoms. The van der Waals surface area contributed by atoms with E-state index in [-0.39, 0.29) is 17.9 Å². The standard InChI is InChI=1S/C15H18Cl2N2O3/c1-9-12(16)5-10(6-13(9)17)15(21)18-11-7-14(20)19(8-11)3-4-22-2/h5-6,11H,3-4,7-8H2,1-2H3,(H,18,21)/t11-/m0/s1. The van der Waals surface area contributed by atoms with Crippen LogP contribution >= 0.6 is 23.2 Å². The van der Waals surface area contributed by atoms with Gasteiger partial charge in [-0.3, -0.25) is 9.59 Å². The molecule has 1 heterocycles. The van der Waals surface area contributed by atoms with E-state index in [1.165, 1.54) is 0 Å².